The number of esters is 2. The van der Waals surface area contributed by atoms with Crippen LogP contribution >= 0.6 is 0 Å². The summed E-state index contributed by atoms with van der Waals surface area (Å²) in [6, 6.07) is 0. The molecule has 0 saturated heterocycles. The molecule has 1 N–H and O–H groups in total. The van der Waals surface area contributed by atoms with Crippen molar-refractivity contribution in [3.8, 4) is 0 Å². The average molecular weight is 723 g/mol. The summed E-state index contributed by atoms with van der Waals surface area (Å²) in [5, 5.41) is -1.93. The van der Waals surface area contributed by atoms with Gasteiger partial charge in [-0.15, -0.1) is 0 Å². The predicted molar refractivity (Wildman–Crippen MR) is 194 cm³/mol. The Kier molecular flexibility index (Phi) is 45.0. The predicted octanol–water partition coefficient (Wildman–Crippen LogP) is 5.70. The van der Waals surface area contributed by atoms with Crippen LogP contribution in [0.25, 0.3) is 0 Å². The Hall–Kier alpha value is 0.850. The molecule has 0 aliphatic carbocycles. The zero-order valence-corrected chi connectivity index (χ0v) is 37.0. The molecule has 1 unspecified atom stereocenters. The van der Waals surface area contributed by atoms with Crippen LogP contribution in [-0.2, 0) is 29.2 Å². The van der Waals surface area contributed by atoms with E-state index in [0.29, 0.717) is 12.8 Å². The molecular weight excluding hydrogens is 646 g/mol. The van der Waals surface area contributed by atoms with Gasteiger partial charge in [-0.2, -0.15) is 8.42 Å². The molecule has 0 heterocycles. The minimum atomic E-state index is -4.77. The number of hydrogen-bond acceptors (Lipinski definition) is 6. The number of ether oxygens (including phenoxy) is 2. The van der Waals surface area contributed by atoms with Gasteiger partial charge in [0.1, 0.15) is 0 Å². The van der Waals surface area contributed by atoms with Gasteiger partial charge in [-0.05, 0) is 12.8 Å². The van der Waals surface area contributed by atoms with Crippen molar-refractivity contribution in [1.82, 2.24) is 0 Å². The molecule has 278 valence electrons. The second kappa shape index (κ2) is 40.6. The van der Waals surface area contributed by atoms with Crippen LogP contribution in [0.1, 0.15) is 216 Å². The first-order valence-electron chi connectivity index (χ1n) is 19.6. The molecule has 0 aliphatic heterocycles. The number of carbonyl (C=O) groups excluding carboxylic acids is 2. The standard InChI is InChI=1S/C38H74O7S.2Na.2H/c1-3-5-7-9-11-13-15-17-19-20-22-24-26-28-30-32-34-45-38(40)36(46(41,42)43)35-37(39)44-33-31-29-27-25-23-21-18-16-14-12-10-8-6-4-2;;;;/h36H,3-35H2,1-2H3,(H,41,42,43);;;;/q;2*+1;2*-1. The van der Waals surface area contributed by atoms with Crippen molar-refractivity contribution < 1.29 is 94.0 Å². The van der Waals surface area contributed by atoms with Gasteiger partial charge < -0.3 is 12.3 Å². The Bertz CT molecular complexity index is 808. The quantitative estimate of drug-likeness (QED) is 0.0383. The molecule has 0 bridgehead atoms. The van der Waals surface area contributed by atoms with Gasteiger partial charge in [0.05, 0.1) is 19.6 Å². The molecule has 0 radical (unpaired) electrons. The zero-order chi connectivity index (χ0) is 34.0. The molecule has 0 aromatic carbocycles. The summed E-state index contributed by atoms with van der Waals surface area (Å²) in [5.74, 6) is -1.89. The van der Waals surface area contributed by atoms with E-state index in [0.717, 1.165) is 32.1 Å². The summed E-state index contributed by atoms with van der Waals surface area (Å²) in [6.07, 6.45) is 36.2. The van der Waals surface area contributed by atoms with Crippen molar-refractivity contribution in [3.63, 3.8) is 0 Å². The van der Waals surface area contributed by atoms with Gasteiger partial charge in [-0.25, -0.2) is 0 Å². The first kappa shape index (κ1) is 53.2. The van der Waals surface area contributed by atoms with Crippen molar-refractivity contribution in [2.75, 3.05) is 13.2 Å². The molecule has 0 spiro atoms. The molecule has 10 heteroatoms. The fourth-order valence-electron chi connectivity index (χ4n) is 5.92. The van der Waals surface area contributed by atoms with E-state index in [-0.39, 0.29) is 75.2 Å². The third kappa shape index (κ3) is 38.1. The molecule has 0 fully saturated rings. The first-order valence-corrected chi connectivity index (χ1v) is 21.1. The molecule has 0 aliphatic rings. The molecule has 0 rings (SSSR count). The van der Waals surface area contributed by atoms with Crippen LogP contribution < -0.4 is 59.1 Å². The van der Waals surface area contributed by atoms with Crippen molar-refractivity contribution in [3.05, 3.63) is 0 Å². The van der Waals surface area contributed by atoms with E-state index in [1.54, 1.807) is 0 Å². The van der Waals surface area contributed by atoms with E-state index in [4.69, 9.17) is 9.47 Å². The summed E-state index contributed by atoms with van der Waals surface area (Å²) in [7, 11) is -4.77. The van der Waals surface area contributed by atoms with Crippen LogP contribution in [0.15, 0.2) is 0 Å². The molecule has 48 heavy (non-hydrogen) atoms. The Labute approximate surface area is 344 Å². The SMILES string of the molecule is CCCCCCCCCCCCCCCCCCOC(=O)C(CC(=O)OCCCCCCCCCCCCCCCC)S(=O)(=O)O.[H-].[H-].[Na+].[Na+]. The Balaban J connectivity index is -0.00000169. The van der Waals surface area contributed by atoms with Crippen LogP contribution in [0.5, 0.6) is 0 Å². The molecular formula is C38H76Na2O7S. The summed E-state index contributed by atoms with van der Waals surface area (Å²) >= 11 is 0. The minimum absolute atomic E-state index is 0. The second-order valence-electron chi connectivity index (χ2n) is 13.5. The van der Waals surface area contributed by atoms with Crippen molar-refractivity contribution in [2.45, 2.75) is 218 Å². The maximum absolute atomic E-state index is 12.3. The number of rotatable bonds is 36. The summed E-state index contributed by atoms with van der Waals surface area (Å²) in [5.41, 5.74) is 0. The van der Waals surface area contributed by atoms with Gasteiger partial charge in [-0.3, -0.25) is 14.1 Å². The molecule has 0 aromatic heterocycles. The largest absolute Gasteiger partial charge is 1.00 e. The minimum Gasteiger partial charge on any atom is -1.00 e. The van der Waals surface area contributed by atoms with Gasteiger partial charge >= 0.3 is 71.1 Å². The van der Waals surface area contributed by atoms with E-state index in [2.05, 4.69) is 13.8 Å². The van der Waals surface area contributed by atoms with E-state index >= 15 is 0 Å². The molecule has 0 aromatic rings. The maximum Gasteiger partial charge on any atom is 1.00 e. The number of hydrogen-bond donors (Lipinski definition) is 1. The Morgan fingerprint density at radius 2 is 0.729 bits per heavy atom. The zero-order valence-electron chi connectivity index (χ0n) is 34.2. The Morgan fingerprint density at radius 3 is 1.00 bits per heavy atom. The number of carbonyl (C=O) groups is 2. The smallest absolute Gasteiger partial charge is 1.00 e. The monoisotopic (exact) mass is 723 g/mol. The summed E-state index contributed by atoms with van der Waals surface area (Å²) in [4.78, 5) is 24.5. The fraction of sp³-hybridized carbons (Fsp3) is 0.947. The summed E-state index contributed by atoms with van der Waals surface area (Å²) < 4.78 is 43.2. The van der Waals surface area contributed by atoms with Crippen LogP contribution in [0.4, 0.5) is 0 Å². The topological polar surface area (TPSA) is 107 Å². The van der Waals surface area contributed by atoms with E-state index in [9.17, 15) is 22.6 Å². The normalized spacial score (nSPS) is 11.8. The third-order valence-electron chi connectivity index (χ3n) is 8.98. The first-order chi connectivity index (χ1) is 22.3. The van der Waals surface area contributed by atoms with Crippen molar-refractivity contribution in [2.24, 2.45) is 0 Å². The van der Waals surface area contributed by atoms with Crippen molar-refractivity contribution >= 4 is 22.1 Å². The molecule has 0 saturated carbocycles. The Morgan fingerprint density at radius 1 is 0.479 bits per heavy atom. The van der Waals surface area contributed by atoms with Crippen molar-refractivity contribution in [1.29, 1.82) is 0 Å². The van der Waals surface area contributed by atoms with E-state index in [1.165, 1.54) is 148 Å². The molecule has 7 nitrogen and oxygen atoms in total. The van der Waals surface area contributed by atoms with Gasteiger partial charge in [0.25, 0.3) is 10.1 Å². The summed E-state index contributed by atoms with van der Waals surface area (Å²) in [6.45, 7) is 4.77. The fourth-order valence-corrected chi connectivity index (χ4v) is 6.58. The van der Waals surface area contributed by atoms with Crippen LogP contribution in [0.2, 0.25) is 0 Å². The van der Waals surface area contributed by atoms with Gasteiger partial charge in [0.15, 0.2) is 5.25 Å². The van der Waals surface area contributed by atoms with Crippen LogP contribution in [-0.4, -0.2) is 43.4 Å². The molecule has 1 atom stereocenters. The van der Waals surface area contributed by atoms with Gasteiger partial charge in [0, 0.05) is 0 Å². The molecule has 0 amide bonds. The maximum atomic E-state index is 12.3. The van der Waals surface area contributed by atoms with E-state index < -0.39 is 33.7 Å². The third-order valence-corrected chi connectivity index (χ3v) is 10.1. The van der Waals surface area contributed by atoms with E-state index in [1.807, 2.05) is 0 Å². The van der Waals surface area contributed by atoms with Gasteiger partial charge in [-0.1, -0.05) is 194 Å². The average Bonchev–Trinajstić information content (AvgIpc) is 3.02. The van der Waals surface area contributed by atoms with Crippen LogP contribution in [0.3, 0.4) is 0 Å². The second-order valence-corrected chi connectivity index (χ2v) is 15.1. The van der Waals surface area contributed by atoms with Gasteiger partial charge in [0.2, 0.25) is 0 Å². The number of unbranched alkanes of at least 4 members (excludes halogenated alkanes) is 28. The van der Waals surface area contributed by atoms with Crippen LogP contribution in [0, 0.1) is 0 Å².